The van der Waals surface area contributed by atoms with E-state index in [0.717, 1.165) is 28.7 Å². The molecule has 0 bridgehead atoms. The van der Waals surface area contributed by atoms with Gasteiger partial charge in [0, 0.05) is 22.7 Å². The summed E-state index contributed by atoms with van der Waals surface area (Å²) in [5, 5.41) is 1.94. The van der Waals surface area contributed by atoms with E-state index in [1.807, 2.05) is 42.5 Å². The average molecular weight is 367 g/mol. The number of aromatic nitrogens is 1. The zero-order valence-corrected chi connectivity index (χ0v) is 15.3. The van der Waals surface area contributed by atoms with Crippen LogP contribution in [-0.2, 0) is 6.54 Å². The van der Waals surface area contributed by atoms with Crippen LogP contribution in [0, 0.1) is 0 Å². The van der Waals surface area contributed by atoms with Crippen molar-refractivity contribution in [1.82, 2.24) is 0 Å². The third-order valence-corrected chi connectivity index (χ3v) is 5.48. The Morgan fingerprint density at radius 3 is 2.60 bits per heavy atom. The molecule has 0 amide bonds. The van der Waals surface area contributed by atoms with E-state index in [1.165, 1.54) is 15.2 Å². The van der Waals surface area contributed by atoms with Crippen molar-refractivity contribution in [2.24, 2.45) is 0 Å². The Hall–Kier alpha value is -2.36. The van der Waals surface area contributed by atoms with Crippen molar-refractivity contribution in [2.45, 2.75) is 13.5 Å². The van der Waals surface area contributed by atoms with Gasteiger partial charge in [-0.3, -0.25) is 0 Å². The molecule has 4 heteroatoms. The molecule has 0 aliphatic heterocycles. The third-order valence-electron chi connectivity index (χ3n) is 4.10. The van der Waals surface area contributed by atoms with Gasteiger partial charge in [0.05, 0.1) is 0 Å². The van der Waals surface area contributed by atoms with Crippen LogP contribution >= 0.6 is 22.9 Å². The SMILES string of the molecule is CC[n+]1c(/C=C/c2ccc(-c3ccc(Cl)cc3)o2)sc2ccccc21. The first-order chi connectivity index (χ1) is 12.2. The van der Waals surface area contributed by atoms with E-state index in [-0.39, 0.29) is 0 Å². The molecule has 0 saturated heterocycles. The summed E-state index contributed by atoms with van der Waals surface area (Å²) in [7, 11) is 0. The number of halogens is 1. The Balaban J connectivity index is 1.63. The molecule has 0 radical (unpaired) electrons. The van der Waals surface area contributed by atoms with Crippen molar-refractivity contribution in [3.63, 3.8) is 0 Å². The minimum atomic E-state index is 0.726. The summed E-state index contributed by atoms with van der Waals surface area (Å²) in [6.07, 6.45) is 4.15. The summed E-state index contributed by atoms with van der Waals surface area (Å²) >= 11 is 7.73. The molecule has 0 fully saturated rings. The molecule has 2 heterocycles. The van der Waals surface area contributed by atoms with E-state index in [2.05, 4.69) is 41.8 Å². The van der Waals surface area contributed by atoms with Gasteiger partial charge in [0.1, 0.15) is 22.8 Å². The highest BCUT2D eigenvalue weighted by Crippen LogP contribution is 2.26. The monoisotopic (exact) mass is 366 g/mol. The lowest BCUT2D eigenvalue weighted by atomic mass is 10.2. The molecule has 0 aliphatic carbocycles. The van der Waals surface area contributed by atoms with E-state index in [9.17, 15) is 0 Å². The molecule has 0 saturated carbocycles. The lowest BCUT2D eigenvalue weighted by Crippen LogP contribution is -2.33. The highest BCUT2D eigenvalue weighted by molar-refractivity contribution is 7.18. The molecule has 4 rings (SSSR count). The Labute approximate surface area is 155 Å². The maximum Gasteiger partial charge on any atom is 0.262 e. The first kappa shape index (κ1) is 16.1. The highest BCUT2D eigenvalue weighted by Gasteiger charge is 2.16. The predicted molar refractivity (Wildman–Crippen MR) is 106 cm³/mol. The second-order valence-corrected chi connectivity index (χ2v) is 7.19. The van der Waals surface area contributed by atoms with Gasteiger partial charge in [0.15, 0.2) is 0 Å². The Morgan fingerprint density at radius 2 is 1.80 bits per heavy atom. The molecule has 0 aliphatic rings. The van der Waals surface area contributed by atoms with Crippen molar-refractivity contribution >= 4 is 45.3 Å². The lowest BCUT2D eigenvalue weighted by molar-refractivity contribution is -0.665. The lowest BCUT2D eigenvalue weighted by Gasteiger charge is -1.96. The number of hydrogen-bond donors (Lipinski definition) is 0. The molecule has 0 unspecified atom stereocenters. The van der Waals surface area contributed by atoms with Crippen molar-refractivity contribution in [2.75, 3.05) is 0 Å². The molecule has 2 aromatic heterocycles. The smallest absolute Gasteiger partial charge is 0.262 e. The number of aryl methyl sites for hydroxylation is 1. The van der Waals surface area contributed by atoms with E-state index in [4.69, 9.17) is 16.0 Å². The Morgan fingerprint density at radius 1 is 1.00 bits per heavy atom. The summed E-state index contributed by atoms with van der Waals surface area (Å²) in [5.74, 6) is 1.68. The summed E-state index contributed by atoms with van der Waals surface area (Å²) in [4.78, 5) is 0. The fourth-order valence-corrected chi connectivity index (χ4v) is 4.12. The van der Waals surface area contributed by atoms with Gasteiger partial charge in [-0.1, -0.05) is 35.1 Å². The van der Waals surface area contributed by atoms with Crippen LogP contribution < -0.4 is 4.57 Å². The van der Waals surface area contributed by atoms with Crippen LogP contribution in [0.25, 0.3) is 33.7 Å². The molecule has 124 valence electrons. The molecular formula is C21H17ClNOS+. The number of benzene rings is 2. The van der Waals surface area contributed by atoms with Gasteiger partial charge in [-0.05, 0) is 55.5 Å². The van der Waals surface area contributed by atoms with Crippen LogP contribution in [0.4, 0.5) is 0 Å². The fraction of sp³-hybridized carbons (Fsp3) is 0.0952. The summed E-state index contributed by atoms with van der Waals surface area (Å²) in [6.45, 7) is 3.11. The molecule has 0 atom stereocenters. The van der Waals surface area contributed by atoms with Crippen molar-refractivity contribution < 1.29 is 8.98 Å². The number of fused-ring (bicyclic) bond motifs is 1. The Bertz CT molecular complexity index is 1040. The van der Waals surface area contributed by atoms with Crippen LogP contribution in [0.1, 0.15) is 17.7 Å². The Kier molecular flexibility index (Phi) is 4.43. The zero-order valence-electron chi connectivity index (χ0n) is 13.8. The van der Waals surface area contributed by atoms with E-state index < -0.39 is 0 Å². The second-order valence-electron chi connectivity index (χ2n) is 5.69. The van der Waals surface area contributed by atoms with Crippen LogP contribution in [0.5, 0.6) is 0 Å². The third kappa shape index (κ3) is 3.26. The predicted octanol–water partition coefficient (Wildman–Crippen LogP) is 6.29. The van der Waals surface area contributed by atoms with Crippen LogP contribution in [0.2, 0.25) is 5.02 Å². The normalized spacial score (nSPS) is 11.6. The number of furan rings is 1. The van der Waals surface area contributed by atoms with Gasteiger partial charge in [-0.15, -0.1) is 0 Å². The van der Waals surface area contributed by atoms with Gasteiger partial charge in [-0.25, -0.2) is 0 Å². The van der Waals surface area contributed by atoms with E-state index in [0.29, 0.717) is 0 Å². The summed E-state index contributed by atoms with van der Waals surface area (Å²) in [5.41, 5.74) is 2.30. The average Bonchev–Trinajstić information content (AvgIpc) is 3.24. The second kappa shape index (κ2) is 6.87. The summed E-state index contributed by atoms with van der Waals surface area (Å²) < 4.78 is 9.56. The van der Waals surface area contributed by atoms with Gasteiger partial charge < -0.3 is 4.42 Å². The molecule has 0 spiro atoms. The standard InChI is InChI=1S/C21H17ClNOS/c1-2-23-18-5-3-4-6-20(18)25-21(23)14-12-17-11-13-19(24-17)15-7-9-16(22)10-8-15/h3-14H,2H2,1H3/q+1/b14-12+. The largest absolute Gasteiger partial charge is 0.457 e. The molecule has 2 aromatic carbocycles. The zero-order chi connectivity index (χ0) is 17.2. The number of nitrogens with zero attached hydrogens (tertiary/aromatic N) is 1. The minimum absolute atomic E-state index is 0.726. The van der Waals surface area contributed by atoms with Crippen molar-refractivity contribution in [3.05, 3.63) is 76.5 Å². The maximum absolute atomic E-state index is 5.94. The fourth-order valence-electron chi connectivity index (χ4n) is 2.87. The van der Waals surface area contributed by atoms with Gasteiger partial charge in [0.2, 0.25) is 5.52 Å². The van der Waals surface area contributed by atoms with Crippen LogP contribution in [0.15, 0.2) is 65.1 Å². The number of para-hydroxylation sites is 1. The molecule has 25 heavy (non-hydrogen) atoms. The van der Waals surface area contributed by atoms with E-state index >= 15 is 0 Å². The topological polar surface area (TPSA) is 17.0 Å². The number of hydrogen-bond acceptors (Lipinski definition) is 2. The quantitative estimate of drug-likeness (QED) is 0.388. The van der Waals surface area contributed by atoms with E-state index in [1.54, 1.807) is 11.3 Å². The molecule has 0 N–H and O–H groups in total. The number of thiazole rings is 1. The van der Waals surface area contributed by atoms with Gasteiger partial charge in [-0.2, -0.15) is 4.57 Å². The molecule has 4 aromatic rings. The van der Waals surface area contributed by atoms with Crippen LogP contribution in [0.3, 0.4) is 0 Å². The number of rotatable bonds is 4. The van der Waals surface area contributed by atoms with Crippen molar-refractivity contribution in [1.29, 1.82) is 0 Å². The maximum atomic E-state index is 5.94. The van der Waals surface area contributed by atoms with Gasteiger partial charge >= 0.3 is 0 Å². The first-order valence-corrected chi connectivity index (χ1v) is 9.39. The van der Waals surface area contributed by atoms with Crippen LogP contribution in [-0.4, -0.2) is 0 Å². The first-order valence-electron chi connectivity index (χ1n) is 8.20. The minimum Gasteiger partial charge on any atom is -0.457 e. The van der Waals surface area contributed by atoms with Gasteiger partial charge in [0.25, 0.3) is 5.01 Å². The van der Waals surface area contributed by atoms with Crippen molar-refractivity contribution in [3.8, 4) is 11.3 Å². The molecular weight excluding hydrogens is 350 g/mol. The highest BCUT2D eigenvalue weighted by atomic mass is 35.5. The summed E-state index contributed by atoms with van der Waals surface area (Å²) in [6, 6.07) is 20.1. The molecule has 2 nitrogen and oxygen atoms in total.